The van der Waals surface area contributed by atoms with Crippen molar-refractivity contribution in [1.29, 1.82) is 0 Å². The minimum atomic E-state index is -3.72. The summed E-state index contributed by atoms with van der Waals surface area (Å²) >= 11 is 0. The van der Waals surface area contributed by atoms with Gasteiger partial charge in [0.15, 0.2) is 0 Å². The standard InChI is InChI=1S/C18H15FN4O4S/c19-12-3-6-14-15(10-20-16(14)9-12)11-1-4-13(5-2-11)28(25,26)21-8-7-17-22-23-18(24)27-17/h1-6,9-10,20-21H,7-8H2,(H,23,24). The second kappa shape index (κ2) is 7.06. The minimum Gasteiger partial charge on any atom is -0.392 e. The van der Waals surface area contributed by atoms with Crippen molar-refractivity contribution in [1.82, 2.24) is 19.9 Å². The van der Waals surface area contributed by atoms with Crippen molar-refractivity contribution in [3.63, 3.8) is 0 Å². The van der Waals surface area contributed by atoms with Gasteiger partial charge in [0.25, 0.3) is 0 Å². The number of fused-ring (bicyclic) bond motifs is 1. The molecule has 144 valence electrons. The molecule has 4 aromatic rings. The zero-order valence-corrected chi connectivity index (χ0v) is 15.2. The van der Waals surface area contributed by atoms with Crippen LogP contribution in [0.4, 0.5) is 4.39 Å². The van der Waals surface area contributed by atoms with Gasteiger partial charge < -0.3 is 9.40 Å². The maximum atomic E-state index is 13.3. The van der Waals surface area contributed by atoms with Crippen LogP contribution in [0.25, 0.3) is 22.0 Å². The second-order valence-electron chi connectivity index (χ2n) is 6.07. The fourth-order valence-electron chi connectivity index (χ4n) is 2.89. The largest absolute Gasteiger partial charge is 0.434 e. The van der Waals surface area contributed by atoms with Gasteiger partial charge in [0.05, 0.1) is 4.90 Å². The first kappa shape index (κ1) is 18.1. The van der Waals surface area contributed by atoms with E-state index in [2.05, 4.69) is 19.9 Å². The number of aromatic amines is 2. The first-order valence-electron chi connectivity index (χ1n) is 8.33. The zero-order valence-electron chi connectivity index (χ0n) is 14.4. The molecule has 2 aromatic heterocycles. The molecule has 8 nitrogen and oxygen atoms in total. The molecule has 2 heterocycles. The van der Waals surface area contributed by atoms with Gasteiger partial charge in [0.2, 0.25) is 15.9 Å². The van der Waals surface area contributed by atoms with E-state index in [0.29, 0.717) is 5.52 Å². The molecule has 0 radical (unpaired) electrons. The quantitative estimate of drug-likeness (QED) is 0.456. The van der Waals surface area contributed by atoms with E-state index in [1.54, 1.807) is 24.4 Å². The van der Waals surface area contributed by atoms with Gasteiger partial charge >= 0.3 is 5.76 Å². The van der Waals surface area contributed by atoms with Crippen LogP contribution in [0.1, 0.15) is 5.89 Å². The van der Waals surface area contributed by atoms with Crippen molar-refractivity contribution in [3.05, 3.63) is 70.9 Å². The molecule has 4 rings (SSSR count). The Morgan fingerprint density at radius 1 is 1.14 bits per heavy atom. The van der Waals surface area contributed by atoms with E-state index in [-0.39, 0.29) is 29.6 Å². The minimum absolute atomic E-state index is 0.0336. The molecule has 0 fully saturated rings. The molecule has 0 atom stereocenters. The summed E-state index contributed by atoms with van der Waals surface area (Å²) in [5.74, 6) is -0.894. The fraction of sp³-hybridized carbons (Fsp3) is 0.111. The Morgan fingerprint density at radius 2 is 1.93 bits per heavy atom. The Kier molecular flexibility index (Phi) is 4.57. The molecule has 28 heavy (non-hydrogen) atoms. The molecule has 0 amide bonds. The highest BCUT2D eigenvalue weighted by Crippen LogP contribution is 2.29. The number of hydrogen-bond donors (Lipinski definition) is 3. The van der Waals surface area contributed by atoms with E-state index < -0.39 is 15.8 Å². The van der Waals surface area contributed by atoms with Crippen LogP contribution in [-0.2, 0) is 16.4 Å². The summed E-state index contributed by atoms with van der Waals surface area (Å²) in [5.41, 5.74) is 2.31. The molecular formula is C18H15FN4O4S. The lowest BCUT2D eigenvalue weighted by Crippen LogP contribution is -2.26. The second-order valence-corrected chi connectivity index (χ2v) is 7.84. The summed E-state index contributed by atoms with van der Waals surface area (Å²) in [7, 11) is -3.72. The van der Waals surface area contributed by atoms with Gasteiger partial charge in [-0.15, -0.1) is 5.10 Å². The lowest BCUT2D eigenvalue weighted by Gasteiger charge is -2.07. The predicted octanol–water partition coefficient (Wildman–Crippen LogP) is 2.17. The lowest BCUT2D eigenvalue weighted by atomic mass is 10.1. The third-order valence-corrected chi connectivity index (χ3v) is 5.71. The molecule has 0 aliphatic heterocycles. The summed E-state index contributed by atoms with van der Waals surface area (Å²) in [6.07, 6.45) is 1.89. The number of hydrogen-bond acceptors (Lipinski definition) is 5. The predicted molar refractivity (Wildman–Crippen MR) is 99.7 cm³/mol. The van der Waals surface area contributed by atoms with E-state index >= 15 is 0 Å². The van der Waals surface area contributed by atoms with E-state index in [0.717, 1.165) is 16.5 Å². The molecule has 0 bridgehead atoms. The van der Waals surface area contributed by atoms with Crippen LogP contribution in [-0.4, -0.2) is 30.1 Å². The zero-order chi connectivity index (χ0) is 19.7. The summed E-state index contributed by atoms with van der Waals surface area (Å²) in [5, 5.41) is 6.57. The third kappa shape index (κ3) is 3.59. The SMILES string of the molecule is O=c1[nH]nc(CCNS(=O)(=O)c2ccc(-c3c[nH]c4cc(F)ccc34)cc2)o1. The first-order chi connectivity index (χ1) is 13.4. The van der Waals surface area contributed by atoms with Crippen molar-refractivity contribution >= 4 is 20.9 Å². The number of nitrogens with one attached hydrogen (secondary N) is 3. The molecule has 0 saturated carbocycles. The number of sulfonamides is 1. The summed E-state index contributed by atoms with van der Waals surface area (Å²) in [6, 6.07) is 10.8. The molecular weight excluding hydrogens is 387 g/mol. The number of aromatic nitrogens is 3. The van der Waals surface area contributed by atoms with Crippen LogP contribution in [0.5, 0.6) is 0 Å². The molecule has 10 heteroatoms. The molecule has 3 N–H and O–H groups in total. The van der Waals surface area contributed by atoms with Gasteiger partial charge in [0, 0.05) is 35.6 Å². The topological polar surface area (TPSA) is 121 Å². The number of rotatable bonds is 6. The Balaban J connectivity index is 1.50. The van der Waals surface area contributed by atoms with Gasteiger partial charge in [-0.05, 0) is 35.9 Å². The number of nitrogens with zero attached hydrogens (tertiary/aromatic N) is 1. The summed E-state index contributed by atoms with van der Waals surface area (Å²) in [6.45, 7) is 0.0336. The number of H-pyrrole nitrogens is 2. The molecule has 0 saturated heterocycles. The number of halogens is 1. The normalized spacial score (nSPS) is 11.9. The van der Waals surface area contributed by atoms with Crippen molar-refractivity contribution in [2.75, 3.05) is 6.54 Å². The van der Waals surface area contributed by atoms with Crippen LogP contribution >= 0.6 is 0 Å². The van der Waals surface area contributed by atoms with E-state index in [1.807, 2.05) is 0 Å². The van der Waals surface area contributed by atoms with Crippen LogP contribution < -0.4 is 10.5 Å². The van der Waals surface area contributed by atoms with E-state index in [1.165, 1.54) is 24.3 Å². The Bertz CT molecular complexity index is 1290. The van der Waals surface area contributed by atoms with Crippen molar-refractivity contribution in [2.24, 2.45) is 0 Å². The van der Waals surface area contributed by atoms with Gasteiger partial charge in [-0.25, -0.2) is 27.4 Å². The van der Waals surface area contributed by atoms with Crippen LogP contribution in [0.3, 0.4) is 0 Å². The highest BCUT2D eigenvalue weighted by atomic mass is 32.2. The first-order valence-corrected chi connectivity index (χ1v) is 9.82. The maximum Gasteiger partial charge on any atom is 0.434 e. The highest BCUT2D eigenvalue weighted by Gasteiger charge is 2.15. The van der Waals surface area contributed by atoms with Crippen LogP contribution in [0, 0.1) is 5.82 Å². The van der Waals surface area contributed by atoms with Crippen LogP contribution in [0.15, 0.2) is 62.8 Å². The van der Waals surface area contributed by atoms with Gasteiger partial charge in [-0.2, -0.15) is 0 Å². The Hall–Kier alpha value is -3.24. The van der Waals surface area contributed by atoms with Crippen molar-refractivity contribution in [3.8, 4) is 11.1 Å². The maximum absolute atomic E-state index is 13.3. The number of benzene rings is 2. The molecule has 0 unspecified atom stereocenters. The van der Waals surface area contributed by atoms with E-state index in [4.69, 9.17) is 4.42 Å². The summed E-state index contributed by atoms with van der Waals surface area (Å²) in [4.78, 5) is 14.0. The molecule has 0 aliphatic rings. The highest BCUT2D eigenvalue weighted by molar-refractivity contribution is 7.89. The molecule has 0 spiro atoms. The summed E-state index contributed by atoms with van der Waals surface area (Å²) < 4.78 is 45.3. The van der Waals surface area contributed by atoms with Crippen molar-refractivity contribution < 1.29 is 17.2 Å². The average Bonchev–Trinajstić information content (AvgIpc) is 3.27. The fourth-order valence-corrected chi connectivity index (χ4v) is 3.93. The van der Waals surface area contributed by atoms with Crippen molar-refractivity contribution in [2.45, 2.75) is 11.3 Å². The molecule has 0 aliphatic carbocycles. The monoisotopic (exact) mass is 402 g/mol. The van der Waals surface area contributed by atoms with E-state index in [9.17, 15) is 17.6 Å². The van der Waals surface area contributed by atoms with Crippen LogP contribution in [0.2, 0.25) is 0 Å². The smallest absolute Gasteiger partial charge is 0.392 e. The average molecular weight is 402 g/mol. The lowest BCUT2D eigenvalue weighted by molar-refractivity contribution is 0.460. The van der Waals surface area contributed by atoms with Gasteiger partial charge in [0.1, 0.15) is 5.82 Å². The third-order valence-electron chi connectivity index (χ3n) is 4.23. The Labute approximate surface area is 158 Å². The Morgan fingerprint density at radius 3 is 2.64 bits per heavy atom. The molecule has 2 aromatic carbocycles. The van der Waals surface area contributed by atoms with Gasteiger partial charge in [-0.3, -0.25) is 0 Å². The van der Waals surface area contributed by atoms with Gasteiger partial charge in [-0.1, -0.05) is 12.1 Å².